The van der Waals surface area contributed by atoms with Gasteiger partial charge in [-0.3, -0.25) is 0 Å². The predicted octanol–water partition coefficient (Wildman–Crippen LogP) is 2.95. The predicted molar refractivity (Wildman–Crippen MR) is 64.7 cm³/mol. The Morgan fingerprint density at radius 2 is 2.33 bits per heavy atom. The van der Waals surface area contributed by atoms with Crippen molar-refractivity contribution in [3.8, 4) is 11.4 Å². The SMILES string of the molecule is Fc1ccc(-c2noc([C@@H]3CCCN3)n2)cc1Cl. The minimum absolute atomic E-state index is 0.0536. The molecule has 1 N–H and O–H groups in total. The summed E-state index contributed by atoms with van der Waals surface area (Å²) in [4.78, 5) is 4.31. The summed E-state index contributed by atoms with van der Waals surface area (Å²) in [5.41, 5.74) is 0.648. The van der Waals surface area contributed by atoms with Gasteiger partial charge in [-0.15, -0.1) is 0 Å². The van der Waals surface area contributed by atoms with Crippen molar-refractivity contribution in [3.05, 3.63) is 34.9 Å². The quantitative estimate of drug-likeness (QED) is 0.909. The second kappa shape index (κ2) is 4.66. The van der Waals surface area contributed by atoms with Gasteiger partial charge < -0.3 is 9.84 Å². The van der Waals surface area contributed by atoms with E-state index in [1.807, 2.05) is 0 Å². The average molecular weight is 268 g/mol. The average Bonchev–Trinajstić information content (AvgIpc) is 3.01. The molecule has 4 nitrogen and oxygen atoms in total. The van der Waals surface area contributed by atoms with E-state index < -0.39 is 5.82 Å². The van der Waals surface area contributed by atoms with Crippen LogP contribution in [0, 0.1) is 5.82 Å². The smallest absolute Gasteiger partial charge is 0.244 e. The van der Waals surface area contributed by atoms with Gasteiger partial charge in [-0.25, -0.2) is 4.39 Å². The zero-order valence-corrected chi connectivity index (χ0v) is 10.2. The molecule has 6 heteroatoms. The Bertz CT molecular complexity index is 566. The first-order chi connectivity index (χ1) is 8.74. The molecule has 1 aliphatic rings. The topological polar surface area (TPSA) is 51.0 Å². The van der Waals surface area contributed by atoms with Gasteiger partial charge in [0.1, 0.15) is 5.82 Å². The van der Waals surface area contributed by atoms with Crippen molar-refractivity contribution in [1.82, 2.24) is 15.5 Å². The van der Waals surface area contributed by atoms with Gasteiger partial charge in [-0.05, 0) is 37.6 Å². The summed E-state index contributed by atoms with van der Waals surface area (Å²) in [7, 11) is 0. The number of rotatable bonds is 2. The van der Waals surface area contributed by atoms with E-state index in [4.69, 9.17) is 16.1 Å². The van der Waals surface area contributed by atoms with Crippen LogP contribution < -0.4 is 5.32 Å². The van der Waals surface area contributed by atoms with Crippen LogP contribution in [-0.2, 0) is 0 Å². The molecule has 1 aliphatic heterocycles. The van der Waals surface area contributed by atoms with Crippen LogP contribution in [0.3, 0.4) is 0 Å². The first-order valence-corrected chi connectivity index (χ1v) is 6.14. The lowest BCUT2D eigenvalue weighted by Crippen LogP contribution is -2.12. The molecule has 2 aromatic rings. The molecule has 1 aromatic carbocycles. The Morgan fingerprint density at radius 3 is 3.06 bits per heavy atom. The van der Waals surface area contributed by atoms with Crippen LogP contribution in [0.15, 0.2) is 22.7 Å². The van der Waals surface area contributed by atoms with Crippen molar-refractivity contribution in [3.63, 3.8) is 0 Å². The Kier molecular flexibility index (Phi) is 3.01. The zero-order chi connectivity index (χ0) is 12.5. The van der Waals surface area contributed by atoms with E-state index in [0.717, 1.165) is 19.4 Å². The highest BCUT2D eigenvalue weighted by Crippen LogP contribution is 2.26. The largest absolute Gasteiger partial charge is 0.337 e. The van der Waals surface area contributed by atoms with Gasteiger partial charge in [0, 0.05) is 5.56 Å². The van der Waals surface area contributed by atoms with Crippen LogP contribution in [0.25, 0.3) is 11.4 Å². The van der Waals surface area contributed by atoms with Crippen molar-refractivity contribution >= 4 is 11.6 Å². The highest BCUT2D eigenvalue weighted by Gasteiger charge is 2.22. The van der Waals surface area contributed by atoms with E-state index in [1.54, 1.807) is 6.07 Å². The van der Waals surface area contributed by atoms with Gasteiger partial charge >= 0.3 is 0 Å². The van der Waals surface area contributed by atoms with Crippen molar-refractivity contribution in [2.75, 3.05) is 6.54 Å². The summed E-state index contributed by atoms with van der Waals surface area (Å²) in [5, 5.41) is 7.22. The molecular weight excluding hydrogens is 257 g/mol. The van der Waals surface area contributed by atoms with Gasteiger partial charge in [0.15, 0.2) is 0 Å². The number of nitrogens with zero attached hydrogens (tertiary/aromatic N) is 2. The third-order valence-corrected chi connectivity index (χ3v) is 3.27. The molecule has 3 rings (SSSR count). The van der Waals surface area contributed by atoms with Gasteiger partial charge in [-0.1, -0.05) is 16.8 Å². The molecule has 18 heavy (non-hydrogen) atoms. The Morgan fingerprint density at radius 1 is 1.44 bits per heavy atom. The highest BCUT2D eigenvalue weighted by atomic mass is 35.5. The highest BCUT2D eigenvalue weighted by molar-refractivity contribution is 6.31. The molecule has 2 heterocycles. The molecule has 0 amide bonds. The number of benzene rings is 1. The van der Waals surface area contributed by atoms with Crippen LogP contribution in [0.5, 0.6) is 0 Å². The first kappa shape index (κ1) is 11.6. The van der Waals surface area contributed by atoms with Crippen molar-refractivity contribution in [2.24, 2.45) is 0 Å². The van der Waals surface area contributed by atoms with Crippen LogP contribution in [0.2, 0.25) is 5.02 Å². The molecule has 1 fully saturated rings. The molecule has 0 spiro atoms. The van der Waals surface area contributed by atoms with Gasteiger partial charge in [0.05, 0.1) is 11.1 Å². The second-order valence-electron chi connectivity index (χ2n) is 4.23. The fraction of sp³-hybridized carbons (Fsp3) is 0.333. The van der Waals surface area contributed by atoms with Crippen LogP contribution in [-0.4, -0.2) is 16.7 Å². The van der Waals surface area contributed by atoms with E-state index in [9.17, 15) is 4.39 Å². The molecule has 0 radical (unpaired) electrons. The fourth-order valence-electron chi connectivity index (χ4n) is 2.02. The summed E-state index contributed by atoms with van der Waals surface area (Å²) in [6, 6.07) is 4.50. The lowest BCUT2D eigenvalue weighted by Gasteiger charge is -2.01. The second-order valence-corrected chi connectivity index (χ2v) is 4.64. The molecule has 0 bridgehead atoms. The van der Waals surface area contributed by atoms with E-state index in [-0.39, 0.29) is 11.1 Å². The molecule has 1 aromatic heterocycles. The summed E-state index contributed by atoms with van der Waals surface area (Å²) >= 11 is 5.72. The summed E-state index contributed by atoms with van der Waals surface area (Å²) < 4.78 is 18.3. The van der Waals surface area contributed by atoms with Gasteiger partial charge in [-0.2, -0.15) is 4.98 Å². The third-order valence-electron chi connectivity index (χ3n) is 2.98. The van der Waals surface area contributed by atoms with Crippen molar-refractivity contribution in [1.29, 1.82) is 0 Å². The van der Waals surface area contributed by atoms with Crippen molar-refractivity contribution in [2.45, 2.75) is 18.9 Å². The Labute approximate surface area is 108 Å². The summed E-state index contributed by atoms with van der Waals surface area (Å²) in [5.74, 6) is 0.546. The number of hydrogen-bond acceptors (Lipinski definition) is 4. The van der Waals surface area contributed by atoms with E-state index in [1.165, 1.54) is 12.1 Å². The van der Waals surface area contributed by atoms with E-state index >= 15 is 0 Å². The summed E-state index contributed by atoms with van der Waals surface area (Å²) in [6.07, 6.45) is 2.09. The molecule has 1 atom stereocenters. The molecule has 0 unspecified atom stereocenters. The van der Waals surface area contributed by atoms with Gasteiger partial charge in [0.25, 0.3) is 0 Å². The van der Waals surface area contributed by atoms with Crippen molar-refractivity contribution < 1.29 is 8.91 Å². The first-order valence-electron chi connectivity index (χ1n) is 5.76. The van der Waals surface area contributed by atoms with Crippen LogP contribution in [0.4, 0.5) is 4.39 Å². The number of aromatic nitrogens is 2. The Hall–Kier alpha value is -1.46. The van der Waals surface area contributed by atoms with Crippen LogP contribution in [0.1, 0.15) is 24.8 Å². The van der Waals surface area contributed by atoms with E-state index in [0.29, 0.717) is 17.3 Å². The molecular formula is C12H11ClFN3O. The van der Waals surface area contributed by atoms with E-state index in [2.05, 4.69) is 15.5 Å². The normalized spacial score (nSPS) is 19.3. The lowest BCUT2D eigenvalue weighted by atomic mass is 10.2. The maximum absolute atomic E-state index is 13.1. The lowest BCUT2D eigenvalue weighted by molar-refractivity contribution is 0.345. The minimum atomic E-state index is -0.457. The van der Waals surface area contributed by atoms with Gasteiger partial charge in [0.2, 0.25) is 11.7 Å². The molecule has 1 saturated heterocycles. The molecule has 0 aliphatic carbocycles. The fourth-order valence-corrected chi connectivity index (χ4v) is 2.21. The standard InChI is InChI=1S/C12H11ClFN3O/c13-8-6-7(3-4-9(8)14)11-16-12(18-17-11)10-2-1-5-15-10/h3-4,6,10,15H,1-2,5H2/t10-/m0/s1. The number of halogens is 2. The number of nitrogens with one attached hydrogen (secondary N) is 1. The molecule has 0 saturated carbocycles. The Balaban J connectivity index is 1.89. The molecule has 94 valence electrons. The number of hydrogen-bond donors (Lipinski definition) is 1. The monoisotopic (exact) mass is 267 g/mol. The maximum atomic E-state index is 13.1. The minimum Gasteiger partial charge on any atom is -0.337 e. The van der Waals surface area contributed by atoms with Crippen LogP contribution >= 0.6 is 11.6 Å². The maximum Gasteiger partial charge on any atom is 0.244 e. The third kappa shape index (κ3) is 2.11. The zero-order valence-electron chi connectivity index (χ0n) is 9.49. The summed E-state index contributed by atoms with van der Waals surface area (Å²) in [6.45, 7) is 0.963.